The summed E-state index contributed by atoms with van der Waals surface area (Å²) in [5, 5.41) is 5.77. The number of fused-ring (bicyclic) bond motifs is 1. The Labute approximate surface area is 114 Å². The molecule has 1 aliphatic rings. The van der Waals surface area contributed by atoms with Gasteiger partial charge in [0, 0.05) is 42.8 Å². The van der Waals surface area contributed by atoms with Crippen LogP contribution in [-0.2, 0) is 0 Å². The number of anilines is 2. The molecular weight excluding hydrogens is 234 g/mol. The predicted octanol–water partition coefficient (Wildman–Crippen LogP) is 3.51. The molecule has 0 bridgehead atoms. The van der Waals surface area contributed by atoms with Gasteiger partial charge in [0.25, 0.3) is 0 Å². The fourth-order valence-electron chi connectivity index (χ4n) is 2.88. The zero-order valence-corrected chi connectivity index (χ0v) is 11.7. The summed E-state index contributed by atoms with van der Waals surface area (Å²) in [7, 11) is 1.97. The first-order valence-corrected chi connectivity index (χ1v) is 7.10. The second-order valence-electron chi connectivity index (χ2n) is 5.45. The topological polar surface area (TPSA) is 28.2 Å². The molecule has 0 unspecified atom stereocenters. The highest BCUT2D eigenvalue weighted by molar-refractivity contribution is 6.00. The maximum Gasteiger partial charge on any atom is 0.136 e. The van der Waals surface area contributed by atoms with E-state index >= 15 is 0 Å². The van der Waals surface area contributed by atoms with E-state index in [1.807, 2.05) is 13.2 Å². The molecule has 0 spiro atoms. The zero-order valence-electron chi connectivity index (χ0n) is 11.7. The minimum atomic E-state index is 0.846. The Hall–Kier alpha value is -1.77. The third-order valence-corrected chi connectivity index (χ3v) is 4.14. The van der Waals surface area contributed by atoms with Crippen LogP contribution in [0.1, 0.15) is 19.8 Å². The van der Waals surface area contributed by atoms with Crippen LogP contribution in [0.4, 0.5) is 11.5 Å². The molecule has 0 radical (unpaired) electrons. The van der Waals surface area contributed by atoms with Crippen molar-refractivity contribution in [3.63, 3.8) is 0 Å². The van der Waals surface area contributed by atoms with Crippen LogP contribution in [0.15, 0.2) is 30.5 Å². The molecule has 3 nitrogen and oxygen atoms in total. The summed E-state index contributed by atoms with van der Waals surface area (Å²) < 4.78 is 0. The molecule has 100 valence electrons. The van der Waals surface area contributed by atoms with Gasteiger partial charge in [0.1, 0.15) is 5.82 Å². The SMILES string of the molecule is CNc1cccc2c(N3CCC(C)CC3)nccc12. The highest BCUT2D eigenvalue weighted by Gasteiger charge is 2.18. The summed E-state index contributed by atoms with van der Waals surface area (Å²) >= 11 is 0. The standard InChI is InChI=1S/C16H21N3/c1-12-7-10-19(11-8-12)16-14-4-3-5-15(17-2)13(14)6-9-18-16/h3-6,9,12,17H,7-8,10-11H2,1-2H3. The number of hydrogen-bond donors (Lipinski definition) is 1. The third-order valence-electron chi connectivity index (χ3n) is 4.14. The van der Waals surface area contributed by atoms with Crippen molar-refractivity contribution in [1.82, 2.24) is 4.98 Å². The zero-order chi connectivity index (χ0) is 13.2. The van der Waals surface area contributed by atoms with Crippen LogP contribution in [-0.4, -0.2) is 25.1 Å². The third kappa shape index (κ3) is 2.25. The van der Waals surface area contributed by atoms with Crippen LogP contribution in [0.5, 0.6) is 0 Å². The van der Waals surface area contributed by atoms with E-state index in [1.54, 1.807) is 0 Å². The lowest BCUT2D eigenvalue weighted by atomic mass is 9.99. The van der Waals surface area contributed by atoms with Gasteiger partial charge < -0.3 is 10.2 Å². The summed E-state index contributed by atoms with van der Waals surface area (Å²) in [4.78, 5) is 7.06. The molecule has 2 aromatic rings. The monoisotopic (exact) mass is 255 g/mol. The number of nitrogens with one attached hydrogen (secondary N) is 1. The van der Waals surface area contributed by atoms with Crippen molar-refractivity contribution in [2.75, 3.05) is 30.4 Å². The van der Waals surface area contributed by atoms with Crippen LogP contribution < -0.4 is 10.2 Å². The molecular formula is C16H21N3. The van der Waals surface area contributed by atoms with Crippen LogP contribution in [0.3, 0.4) is 0 Å². The molecule has 1 N–H and O–H groups in total. The van der Waals surface area contributed by atoms with E-state index in [-0.39, 0.29) is 0 Å². The molecule has 3 rings (SSSR count). The second kappa shape index (κ2) is 5.08. The Balaban J connectivity index is 2.04. The van der Waals surface area contributed by atoms with E-state index in [0.717, 1.165) is 24.8 Å². The number of nitrogens with zero attached hydrogens (tertiary/aromatic N) is 2. The van der Waals surface area contributed by atoms with Gasteiger partial charge in [0.05, 0.1) is 0 Å². The fraction of sp³-hybridized carbons (Fsp3) is 0.438. The van der Waals surface area contributed by atoms with Crippen molar-refractivity contribution in [3.8, 4) is 0 Å². The Bertz CT molecular complexity index is 571. The van der Waals surface area contributed by atoms with Gasteiger partial charge >= 0.3 is 0 Å². The number of benzene rings is 1. The molecule has 0 saturated carbocycles. The van der Waals surface area contributed by atoms with Gasteiger partial charge in [-0.2, -0.15) is 0 Å². The van der Waals surface area contributed by atoms with Crippen LogP contribution >= 0.6 is 0 Å². The van der Waals surface area contributed by atoms with E-state index in [9.17, 15) is 0 Å². The summed E-state index contributed by atoms with van der Waals surface area (Å²) in [5.41, 5.74) is 1.17. The van der Waals surface area contributed by atoms with Crippen molar-refractivity contribution in [3.05, 3.63) is 30.5 Å². The predicted molar refractivity (Wildman–Crippen MR) is 81.9 cm³/mol. The number of pyridine rings is 1. The second-order valence-corrected chi connectivity index (χ2v) is 5.45. The average Bonchev–Trinajstić information content (AvgIpc) is 2.47. The van der Waals surface area contributed by atoms with Gasteiger partial charge in [0.2, 0.25) is 0 Å². The normalized spacial score (nSPS) is 16.8. The maximum atomic E-state index is 4.63. The van der Waals surface area contributed by atoms with Crippen molar-refractivity contribution >= 4 is 22.3 Å². The first kappa shape index (κ1) is 12.3. The van der Waals surface area contributed by atoms with Crippen LogP contribution in [0, 0.1) is 5.92 Å². The summed E-state index contributed by atoms with van der Waals surface area (Å²) in [5.74, 6) is 1.99. The Morgan fingerprint density at radius 3 is 2.68 bits per heavy atom. The lowest BCUT2D eigenvalue weighted by Gasteiger charge is -2.32. The number of aromatic nitrogens is 1. The van der Waals surface area contributed by atoms with E-state index in [1.165, 1.54) is 29.3 Å². The minimum absolute atomic E-state index is 0.846. The Morgan fingerprint density at radius 2 is 1.95 bits per heavy atom. The summed E-state index contributed by atoms with van der Waals surface area (Å²) in [6.07, 6.45) is 4.46. The van der Waals surface area contributed by atoms with Gasteiger partial charge in [-0.1, -0.05) is 19.1 Å². The van der Waals surface area contributed by atoms with E-state index in [2.05, 4.69) is 46.4 Å². The first-order valence-electron chi connectivity index (χ1n) is 7.10. The largest absolute Gasteiger partial charge is 0.388 e. The average molecular weight is 255 g/mol. The molecule has 1 aromatic carbocycles. The summed E-state index contributed by atoms with van der Waals surface area (Å²) in [6, 6.07) is 8.49. The smallest absolute Gasteiger partial charge is 0.136 e. The molecule has 0 atom stereocenters. The number of hydrogen-bond acceptors (Lipinski definition) is 3. The highest BCUT2D eigenvalue weighted by atomic mass is 15.2. The van der Waals surface area contributed by atoms with Gasteiger partial charge in [-0.3, -0.25) is 0 Å². The van der Waals surface area contributed by atoms with Gasteiger partial charge in [-0.05, 0) is 30.9 Å². The van der Waals surface area contributed by atoms with E-state index in [4.69, 9.17) is 0 Å². The minimum Gasteiger partial charge on any atom is -0.388 e. The molecule has 0 amide bonds. The molecule has 3 heteroatoms. The molecule has 1 fully saturated rings. The molecule has 1 saturated heterocycles. The van der Waals surface area contributed by atoms with E-state index < -0.39 is 0 Å². The van der Waals surface area contributed by atoms with Crippen molar-refractivity contribution in [2.45, 2.75) is 19.8 Å². The highest BCUT2D eigenvalue weighted by Crippen LogP contribution is 2.31. The summed E-state index contributed by atoms with van der Waals surface area (Å²) in [6.45, 7) is 4.58. The van der Waals surface area contributed by atoms with Crippen molar-refractivity contribution in [2.24, 2.45) is 5.92 Å². The Kier molecular flexibility index (Phi) is 3.28. The lowest BCUT2D eigenvalue weighted by molar-refractivity contribution is 0.437. The quantitative estimate of drug-likeness (QED) is 0.890. The lowest BCUT2D eigenvalue weighted by Crippen LogP contribution is -2.33. The molecule has 19 heavy (non-hydrogen) atoms. The fourth-order valence-corrected chi connectivity index (χ4v) is 2.88. The van der Waals surface area contributed by atoms with Crippen LogP contribution in [0.2, 0.25) is 0 Å². The van der Waals surface area contributed by atoms with Gasteiger partial charge in [-0.25, -0.2) is 4.98 Å². The molecule has 2 heterocycles. The Morgan fingerprint density at radius 1 is 1.16 bits per heavy atom. The molecule has 0 aliphatic carbocycles. The van der Waals surface area contributed by atoms with Crippen molar-refractivity contribution < 1.29 is 0 Å². The number of rotatable bonds is 2. The first-order chi connectivity index (χ1) is 9.29. The van der Waals surface area contributed by atoms with E-state index in [0.29, 0.717) is 0 Å². The molecule has 1 aliphatic heterocycles. The van der Waals surface area contributed by atoms with Gasteiger partial charge in [-0.15, -0.1) is 0 Å². The maximum absolute atomic E-state index is 4.63. The van der Waals surface area contributed by atoms with Crippen LogP contribution in [0.25, 0.3) is 10.8 Å². The van der Waals surface area contributed by atoms with Crippen molar-refractivity contribution in [1.29, 1.82) is 0 Å². The van der Waals surface area contributed by atoms with Gasteiger partial charge in [0.15, 0.2) is 0 Å². The molecule has 1 aromatic heterocycles. The number of piperidine rings is 1.